The minimum absolute atomic E-state index is 0.0218. The fourth-order valence-electron chi connectivity index (χ4n) is 3.77. The summed E-state index contributed by atoms with van der Waals surface area (Å²) in [5.41, 5.74) is 1.88. The molecule has 1 N–H and O–H groups in total. The second-order valence-electron chi connectivity index (χ2n) is 7.96. The Morgan fingerprint density at radius 2 is 1.65 bits per heavy atom. The van der Waals surface area contributed by atoms with Gasteiger partial charge >= 0.3 is 0 Å². The van der Waals surface area contributed by atoms with Crippen molar-refractivity contribution in [2.75, 3.05) is 25.0 Å². The third kappa shape index (κ3) is 5.58. The number of benzene rings is 3. The molecule has 178 valence electrons. The quantitative estimate of drug-likeness (QED) is 0.480. The Hall–Kier alpha value is -3.36. The Balaban J connectivity index is 1.47. The van der Waals surface area contributed by atoms with Gasteiger partial charge < -0.3 is 14.8 Å². The summed E-state index contributed by atoms with van der Waals surface area (Å²) in [6, 6.07) is 21.4. The van der Waals surface area contributed by atoms with Crippen LogP contribution in [0.4, 0.5) is 5.69 Å². The smallest absolute Gasteiger partial charge is 0.255 e. The van der Waals surface area contributed by atoms with Gasteiger partial charge in [-0.1, -0.05) is 30.3 Å². The molecule has 3 aromatic rings. The molecule has 0 radical (unpaired) electrons. The number of hydrogen-bond acceptors (Lipinski definition) is 5. The largest absolute Gasteiger partial charge is 0.492 e. The standard InChI is InChI=1S/C26H28N2O5S/c1-2-32-24-15-10-21(18-25(24)34(30,31)28-16-6-7-17-28)26(29)27-22-11-13-23(14-12-22)33-19-20-8-4-3-5-9-20/h3-5,8-15,18H,2,6-7,16-17,19H2,1H3,(H,27,29). The molecule has 3 aromatic carbocycles. The summed E-state index contributed by atoms with van der Waals surface area (Å²) in [4.78, 5) is 12.9. The molecule has 4 rings (SSSR count). The van der Waals surface area contributed by atoms with E-state index < -0.39 is 15.9 Å². The predicted octanol–water partition coefficient (Wildman–Crippen LogP) is 4.70. The van der Waals surface area contributed by atoms with Gasteiger partial charge in [0.25, 0.3) is 5.91 Å². The van der Waals surface area contributed by atoms with E-state index in [9.17, 15) is 13.2 Å². The van der Waals surface area contributed by atoms with Crippen LogP contribution in [-0.4, -0.2) is 38.3 Å². The molecule has 0 atom stereocenters. The van der Waals surface area contributed by atoms with Gasteiger partial charge in [-0.05, 0) is 67.8 Å². The minimum Gasteiger partial charge on any atom is -0.492 e. The number of sulfonamides is 1. The Morgan fingerprint density at radius 1 is 0.941 bits per heavy atom. The maximum Gasteiger partial charge on any atom is 0.255 e. The van der Waals surface area contributed by atoms with Crippen LogP contribution >= 0.6 is 0 Å². The lowest BCUT2D eigenvalue weighted by Gasteiger charge is -2.19. The minimum atomic E-state index is -3.74. The van der Waals surface area contributed by atoms with E-state index >= 15 is 0 Å². The number of amides is 1. The number of rotatable bonds is 9. The Morgan fingerprint density at radius 3 is 2.32 bits per heavy atom. The highest BCUT2D eigenvalue weighted by Crippen LogP contribution is 2.30. The summed E-state index contributed by atoms with van der Waals surface area (Å²) >= 11 is 0. The average molecular weight is 481 g/mol. The van der Waals surface area contributed by atoms with Crippen LogP contribution in [0.3, 0.4) is 0 Å². The molecule has 7 nitrogen and oxygen atoms in total. The van der Waals surface area contributed by atoms with Crippen molar-refractivity contribution in [3.63, 3.8) is 0 Å². The van der Waals surface area contributed by atoms with E-state index in [0.29, 0.717) is 37.7 Å². The predicted molar refractivity (Wildman–Crippen MR) is 131 cm³/mol. The van der Waals surface area contributed by atoms with Crippen molar-refractivity contribution >= 4 is 21.6 Å². The van der Waals surface area contributed by atoms with E-state index in [1.807, 2.05) is 30.3 Å². The topological polar surface area (TPSA) is 84.9 Å². The molecule has 8 heteroatoms. The number of carbonyl (C=O) groups excluding carboxylic acids is 1. The van der Waals surface area contributed by atoms with Crippen molar-refractivity contribution in [1.29, 1.82) is 0 Å². The van der Waals surface area contributed by atoms with Gasteiger partial charge in [0.15, 0.2) is 0 Å². The first-order valence-corrected chi connectivity index (χ1v) is 12.8. The highest BCUT2D eigenvalue weighted by atomic mass is 32.2. The zero-order valence-electron chi connectivity index (χ0n) is 19.1. The van der Waals surface area contributed by atoms with Crippen LogP contribution in [-0.2, 0) is 16.6 Å². The number of carbonyl (C=O) groups is 1. The number of nitrogens with one attached hydrogen (secondary N) is 1. The number of nitrogens with zero attached hydrogens (tertiary/aromatic N) is 1. The molecule has 1 fully saturated rings. The summed E-state index contributed by atoms with van der Waals surface area (Å²) in [6.07, 6.45) is 1.66. The first-order valence-electron chi connectivity index (χ1n) is 11.3. The van der Waals surface area contributed by atoms with Crippen LogP contribution in [0.15, 0.2) is 77.7 Å². The number of anilines is 1. The molecule has 34 heavy (non-hydrogen) atoms. The zero-order valence-corrected chi connectivity index (χ0v) is 19.9. The van der Waals surface area contributed by atoms with Crippen LogP contribution in [0, 0.1) is 0 Å². The lowest BCUT2D eigenvalue weighted by Crippen LogP contribution is -2.28. The zero-order chi connectivity index (χ0) is 24.0. The molecule has 0 aliphatic carbocycles. The molecule has 1 amide bonds. The van der Waals surface area contributed by atoms with Crippen LogP contribution in [0.2, 0.25) is 0 Å². The molecule has 1 heterocycles. The summed E-state index contributed by atoms with van der Waals surface area (Å²) in [5, 5.41) is 2.82. The summed E-state index contributed by atoms with van der Waals surface area (Å²) < 4.78 is 39.1. The Labute approximate surface area is 200 Å². The third-order valence-electron chi connectivity index (χ3n) is 5.55. The van der Waals surface area contributed by atoms with Gasteiger partial charge in [-0.2, -0.15) is 4.31 Å². The molecule has 1 saturated heterocycles. The molecule has 0 aromatic heterocycles. The number of ether oxygens (including phenoxy) is 2. The normalized spacial score (nSPS) is 14.0. The van der Waals surface area contributed by atoms with E-state index in [-0.39, 0.29) is 16.2 Å². The Kier molecular flexibility index (Phi) is 7.49. The van der Waals surface area contributed by atoms with Crippen molar-refractivity contribution in [2.24, 2.45) is 0 Å². The van der Waals surface area contributed by atoms with Gasteiger partial charge in [-0.3, -0.25) is 4.79 Å². The van der Waals surface area contributed by atoms with Gasteiger partial charge in [0.2, 0.25) is 10.0 Å². The highest BCUT2D eigenvalue weighted by Gasteiger charge is 2.30. The molecule has 1 aliphatic heterocycles. The molecule has 1 aliphatic rings. The molecule has 0 spiro atoms. The number of hydrogen-bond donors (Lipinski definition) is 1. The fraction of sp³-hybridized carbons (Fsp3) is 0.269. The van der Waals surface area contributed by atoms with Crippen LogP contribution in [0.25, 0.3) is 0 Å². The van der Waals surface area contributed by atoms with Gasteiger partial charge in [-0.25, -0.2) is 8.42 Å². The summed E-state index contributed by atoms with van der Waals surface area (Å²) in [7, 11) is -3.74. The first-order chi connectivity index (χ1) is 16.5. The second kappa shape index (κ2) is 10.7. The van der Waals surface area contributed by atoms with Crippen molar-refractivity contribution in [3.05, 3.63) is 83.9 Å². The van der Waals surface area contributed by atoms with E-state index in [4.69, 9.17) is 9.47 Å². The fourth-order valence-corrected chi connectivity index (χ4v) is 5.45. The SMILES string of the molecule is CCOc1ccc(C(=O)Nc2ccc(OCc3ccccc3)cc2)cc1S(=O)(=O)N1CCCC1. The van der Waals surface area contributed by atoms with E-state index in [1.165, 1.54) is 10.4 Å². The molecule has 0 unspecified atom stereocenters. The summed E-state index contributed by atoms with van der Waals surface area (Å²) in [5.74, 6) is 0.534. The van der Waals surface area contributed by atoms with Crippen molar-refractivity contribution in [3.8, 4) is 11.5 Å². The highest BCUT2D eigenvalue weighted by molar-refractivity contribution is 7.89. The lowest BCUT2D eigenvalue weighted by molar-refractivity contribution is 0.102. The second-order valence-corrected chi connectivity index (χ2v) is 9.86. The van der Waals surface area contributed by atoms with Crippen LogP contribution < -0.4 is 14.8 Å². The van der Waals surface area contributed by atoms with E-state index in [2.05, 4.69) is 5.32 Å². The van der Waals surface area contributed by atoms with Crippen LogP contribution in [0.5, 0.6) is 11.5 Å². The average Bonchev–Trinajstić information content (AvgIpc) is 3.41. The van der Waals surface area contributed by atoms with Gasteiger partial charge in [0.1, 0.15) is 23.0 Å². The monoisotopic (exact) mass is 480 g/mol. The van der Waals surface area contributed by atoms with Gasteiger partial charge in [0.05, 0.1) is 6.61 Å². The maximum atomic E-state index is 13.2. The molecule has 0 bridgehead atoms. The van der Waals surface area contributed by atoms with E-state index in [0.717, 1.165) is 18.4 Å². The Bertz CT molecular complexity index is 1220. The molecular formula is C26H28N2O5S. The summed E-state index contributed by atoms with van der Waals surface area (Å²) in [6.45, 7) is 3.52. The van der Waals surface area contributed by atoms with Gasteiger partial charge in [0, 0.05) is 24.3 Å². The van der Waals surface area contributed by atoms with Crippen molar-refractivity contribution in [2.45, 2.75) is 31.3 Å². The molecular weight excluding hydrogens is 452 g/mol. The lowest BCUT2D eigenvalue weighted by atomic mass is 10.2. The van der Waals surface area contributed by atoms with Crippen LogP contribution in [0.1, 0.15) is 35.7 Å². The van der Waals surface area contributed by atoms with E-state index in [1.54, 1.807) is 43.3 Å². The molecule has 0 saturated carbocycles. The van der Waals surface area contributed by atoms with Crippen molar-refractivity contribution in [1.82, 2.24) is 4.31 Å². The third-order valence-corrected chi connectivity index (χ3v) is 7.47. The van der Waals surface area contributed by atoms with Gasteiger partial charge in [-0.15, -0.1) is 0 Å². The maximum absolute atomic E-state index is 13.2. The van der Waals surface area contributed by atoms with Crippen molar-refractivity contribution < 1.29 is 22.7 Å². The first kappa shape index (κ1) is 23.8.